The Labute approximate surface area is 137 Å². The summed E-state index contributed by atoms with van der Waals surface area (Å²) in [6.45, 7) is 4.11. The zero-order valence-corrected chi connectivity index (χ0v) is 14.0. The summed E-state index contributed by atoms with van der Waals surface area (Å²) < 4.78 is 6.52. The highest BCUT2D eigenvalue weighted by atomic mass is 35.5. The van der Waals surface area contributed by atoms with Gasteiger partial charge in [0.2, 0.25) is 0 Å². The second kappa shape index (κ2) is 6.45. The van der Waals surface area contributed by atoms with E-state index in [1.807, 2.05) is 18.2 Å². The van der Waals surface area contributed by atoms with E-state index in [-0.39, 0.29) is 11.7 Å². The van der Waals surface area contributed by atoms with Gasteiger partial charge in [-0.25, -0.2) is 0 Å². The van der Waals surface area contributed by atoms with Gasteiger partial charge in [0.1, 0.15) is 0 Å². The highest BCUT2D eigenvalue weighted by molar-refractivity contribution is 6.42. The average Bonchev–Trinajstić information content (AvgIpc) is 2.51. The molecular weight excluding hydrogens is 305 g/mol. The predicted molar refractivity (Wildman–Crippen MR) is 88.1 cm³/mol. The zero-order valence-electron chi connectivity index (χ0n) is 12.5. The molecule has 1 unspecified atom stereocenters. The summed E-state index contributed by atoms with van der Waals surface area (Å²) in [5, 5.41) is 4.76. The first-order chi connectivity index (χ1) is 10.1. The van der Waals surface area contributed by atoms with E-state index in [0.29, 0.717) is 10.0 Å². The molecule has 3 rings (SSSR count). The van der Waals surface area contributed by atoms with E-state index >= 15 is 0 Å². The van der Waals surface area contributed by atoms with Crippen molar-refractivity contribution in [2.45, 2.75) is 50.7 Å². The van der Waals surface area contributed by atoms with Crippen LogP contribution in [-0.4, -0.2) is 18.7 Å². The van der Waals surface area contributed by atoms with Crippen LogP contribution in [0.15, 0.2) is 18.2 Å². The van der Waals surface area contributed by atoms with E-state index in [0.717, 1.165) is 37.4 Å². The summed E-state index contributed by atoms with van der Waals surface area (Å²) in [4.78, 5) is 0. The van der Waals surface area contributed by atoms with Crippen molar-refractivity contribution in [3.8, 4) is 0 Å². The third-order valence-electron chi connectivity index (χ3n) is 5.08. The van der Waals surface area contributed by atoms with E-state index in [1.54, 1.807) is 0 Å². The molecule has 1 aromatic carbocycles. The smallest absolute Gasteiger partial charge is 0.0957 e. The van der Waals surface area contributed by atoms with Gasteiger partial charge in [-0.3, -0.25) is 0 Å². The van der Waals surface area contributed by atoms with Gasteiger partial charge in [0.15, 0.2) is 0 Å². The first kappa shape index (κ1) is 15.6. The first-order valence-electron chi connectivity index (χ1n) is 7.95. The summed E-state index contributed by atoms with van der Waals surface area (Å²) in [6, 6.07) is 5.82. The molecule has 1 aromatic rings. The van der Waals surface area contributed by atoms with E-state index < -0.39 is 0 Å². The SMILES string of the molecule is CCC1CCC2(CC1)CNCC(c1ccc(Cl)c(Cl)c1)O2. The van der Waals surface area contributed by atoms with Gasteiger partial charge in [0.25, 0.3) is 0 Å². The molecule has 1 saturated carbocycles. The van der Waals surface area contributed by atoms with E-state index in [4.69, 9.17) is 27.9 Å². The Morgan fingerprint density at radius 3 is 2.67 bits per heavy atom. The number of halogens is 2. The molecule has 0 aromatic heterocycles. The Bertz CT molecular complexity index is 498. The van der Waals surface area contributed by atoms with Crippen molar-refractivity contribution in [2.75, 3.05) is 13.1 Å². The third kappa shape index (κ3) is 3.39. The molecule has 0 amide bonds. The average molecular weight is 328 g/mol. The number of hydrogen-bond acceptors (Lipinski definition) is 2. The molecule has 2 aliphatic rings. The molecule has 0 radical (unpaired) electrons. The van der Waals surface area contributed by atoms with Crippen LogP contribution in [0.25, 0.3) is 0 Å². The molecule has 1 saturated heterocycles. The third-order valence-corrected chi connectivity index (χ3v) is 5.82. The molecule has 2 fully saturated rings. The number of hydrogen-bond donors (Lipinski definition) is 1. The fourth-order valence-corrected chi connectivity index (χ4v) is 3.93. The molecule has 116 valence electrons. The van der Waals surface area contributed by atoms with Gasteiger partial charge in [0, 0.05) is 13.1 Å². The Kier molecular flexibility index (Phi) is 4.80. The zero-order chi connectivity index (χ0) is 14.9. The maximum atomic E-state index is 6.52. The van der Waals surface area contributed by atoms with Crippen LogP contribution in [-0.2, 0) is 4.74 Å². The summed E-state index contributed by atoms with van der Waals surface area (Å²) in [5.41, 5.74) is 1.13. The van der Waals surface area contributed by atoms with E-state index in [2.05, 4.69) is 12.2 Å². The standard InChI is InChI=1S/C17H23Cl2NO/c1-2-12-5-7-17(8-6-12)11-20-10-16(21-17)13-3-4-14(18)15(19)9-13/h3-4,9,12,16,20H,2,5-8,10-11H2,1H3. The lowest BCUT2D eigenvalue weighted by Crippen LogP contribution is -2.52. The quantitative estimate of drug-likeness (QED) is 0.825. The van der Waals surface area contributed by atoms with E-state index in [9.17, 15) is 0 Å². The predicted octanol–water partition coefficient (Wildman–Crippen LogP) is 4.99. The molecule has 1 heterocycles. The molecule has 1 atom stereocenters. The summed E-state index contributed by atoms with van der Waals surface area (Å²) in [5.74, 6) is 0.879. The van der Waals surface area contributed by atoms with Gasteiger partial charge in [0.05, 0.1) is 21.8 Å². The fraction of sp³-hybridized carbons (Fsp3) is 0.647. The van der Waals surface area contributed by atoms with E-state index in [1.165, 1.54) is 19.3 Å². The molecule has 0 bridgehead atoms. The Hall–Kier alpha value is -0.280. The van der Waals surface area contributed by atoms with Crippen molar-refractivity contribution in [1.82, 2.24) is 5.32 Å². The Balaban J connectivity index is 1.72. The summed E-state index contributed by atoms with van der Waals surface area (Å²) >= 11 is 12.1. The summed E-state index contributed by atoms with van der Waals surface area (Å²) in [6.07, 6.45) is 6.26. The largest absolute Gasteiger partial charge is 0.364 e. The second-order valence-corrected chi connectivity index (χ2v) is 7.26. The molecule has 4 heteroatoms. The lowest BCUT2D eigenvalue weighted by atomic mass is 9.77. The number of ether oxygens (including phenoxy) is 1. The van der Waals surface area contributed by atoms with Crippen LogP contribution >= 0.6 is 23.2 Å². The van der Waals surface area contributed by atoms with Gasteiger partial charge in [-0.1, -0.05) is 42.6 Å². The normalized spacial score (nSPS) is 33.3. The minimum absolute atomic E-state index is 0.0146. The number of rotatable bonds is 2. The van der Waals surface area contributed by atoms with Crippen LogP contribution < -0.4 is 5.32 Å². The van der Waals surface area contributed by atoms with Crippen molar-refractivity contribution in [1.29, 1.82) is 0 Å². The van der Waals surface area contributed by atoms with Gasteiger partial charge < -0.3 is 10.1 Å². The molecular formula is C17H23Cl2NO. The van der Waals surface area contributed by atoms with Crippen LogP contribution in [0, 0.1) is 5.92 Å². The van der Waals surface area contributed by atoms with Crippen LogP contribution in [0.1, 0.15) is 50.7 Å². The number of nitrogens with one attached hydrogen (secondary N) is 1. The fourth-order valence-electron chi connectivity index (χ4n) is 3.62. The first-order valence-corrected chi connectivity index (χ1v) is 8.71. The monoisotopic (exact) mass is 327 g/mol. The van der Waals surface area contributed by atoms with Crippen molar-refractivity contribution >= 4 is 23.2 Å². The van der Waals surface area contributed by atoms with Gasteiger partial charge in [-0.15, -0.1) is 0 Å². The topological polar surface area (TPSA) is 21.3 Å². The lowest BCUT2D eigenvalue weighted by Gasteiger charge is -2.46. The molecule has 1 aliphatic carbocycles. The van der Waals surface area contributed by atoms with Crippen LogP contribution in [0.3, 0.4) is 0 Å². The van der Waals surface area contributed by atoms with Crippen LogP contribution in [0.5, 0.6) is 0 Å². The maximum absolute atomic E-state index is 6.52. The lowest BCUT2D eigenvalue weighted by molar-refractivity contribution is -0.141. The maximum Gasteiger partial charge on any atom is 0.0957 e. The van der Waals surface area contributed by atoms with Crippen molar-refractivity contribution in [3.63, 3.8) is 0 Å². The molecule has 2 nitrogen and oxygen atoms in total. The van der Waals surface area contributed by atoms with Crippen molar-refractivity contribution in [3.05, 3.63) is 33.8 Å². The van der Waals surface area contributed by atoms with Gasteiger partial charge >= 0.3 is 0 Å². The highest BCUT2D eigenvalue weighted by Gasteiger charge is 2.40. The van der Waals surface area contributed by atoms with Crippen LogP contribution in [0.4, 0.5) is 0 Å². The molecule has 1 aliphatic heterocycles. The highest BCUT2D eigenvalue weighted by Crippen LogP contribution is 2.41. The van der Waals surface area contributed by atoms with Crippen molar-refractivity contribution in [2.24, 2.45) is 5.92 Å². The Morgan fingerprint density at radius 2 is 2.00 bits per heavy atom. The summed E-state index contributed by atoms with van der Waals surface area (Å²) in [7, 11) is 0. The minimum Gasteiger partial charge on any atom is -0.364 e. The Morgan fingerprint density at radius 1 is 1.24 bits per heavy atom. The minimum atomic E-state index is 0.0146. The van der Waals surface area contributed by atoms with Crippen molar-refractivity contribution < 1.29 is 4.74 Å². The number of benzene rings is 1. The van der Waals surface area contributed by atoms with Gasteiger partial charge in [-0.05, 0) is 49.3 Å². The molecule has 1 spiro atoms. The van der Waals surface area contributed by atoms with Crippen LogP contribution in [0.2, 0.25) is 10.0 Å². The number of morpholine rings is 1. The molecule has 1 N–H and O–H groups in total. The molecule has 21 heavy (non-hydrogen) atoms. The van der Waals surface area contributed by atoms with Gasteiger partial charge in [-0.2, -0.15) is 0 Å². The second-order valence-electron chi connectivity index (χ2n) is 6.45.